The first-order chi connectivity index (χ1) is 14.8. The van der Waals surface area contributed by atoms with E-state index in [9.17, 15) is 0 Å². The molecule has 0 N–H and O–H groups in total. The molecule has 1 aromatic carbocycles. The first-order valence-electron chi connectivity index (χ1n) is 11.3. The van der Waals surface area contributed by atoms with Gasteiger partial charge in [-0.2, -0.15) is 4.98 Å². The number of pyridine rings is 1. The molecule has 166 valence electrons. The van der Waals surface area contributed by atoms with Crippen LogP contribution in [0, 0.1) is 25.7 Å². The van der Waals surface area contributed by atoms with Gasteiger partial charge in [-0.3, -0.25) is 4.98 Å². The zero-order valence-electron chi connectivity index (χ0n) is 20.0. The summed E-state index contributed by atoms with van der Waals surface area (Å²) in [6.07, 6.45) is 2.84. The molecule has 0 amide bonds. The van der Waals surface area contributed by atoms with Crippen LogP contribution in [-0.2, 0) is 12.8 Å². The van der Waals surface area contributed by atoms with E-state index in [2.05, 4.69) is 77.9 Å². The summed E-state index contributed by atoms with van der Waals surface area (Å²) in [6.45, 7) is 15.8. The predicted octanol–water partition coefficient (Wildman–Crippen LogP) is 6.60. The number of nitrogens with zero attached hydrogens (tertiary/aromatic N) is 3. The number of ether oxygens (including phenoxy) is 1. The molecule has 0 bridgehead atoms. The highest BCUT2D eigenvalue weighted by Gasteiger charge is 2.16. The van der Waals surface area contributed by atoms with Gasteiger partial charge in [-0.15, -0.1) is 0 Å². The van der Waals surface area contributed by atoms with Crippen molar-refractivity contribution in [1.29, 1.82) is 0 Å². The highest BCUT2D eigenvalue weighted by molar-refractivity contribution is 5.64. The van der Waals surface area contributed by atoms with Crippen LogP contribution in [0.2, 0.25) is 0 Å². The summed E-state index contributed by atoms with van der Waals surface area (Å²) >= 11 is 0. The Morgan fingerprint density at radius 3 is 1.94 bits per heavy atom. The van der Waals surface area contributed by atoms with Gasteiger partial charge in [-0.25, -0.2) is 0 Å². The second kappa shape index (κ2) is 10.1. The Morgan fingerprint density at radius 2 is 1.42 bits per heavy atom. The molecule has 0 saturated carbocycles. The van der Waals surface area contributed by atoms with Crippen molar-refractivity contribution < 1.29 is 9.26 Å². The molecule has 31 heavy (non-hydrogen) atoms. The largest absolute Gasteiger partial charge is 0.493 e. The molecule has 2 heterocycles. The maximum Gasteiger partial charge on any atom is 0.258 e. The van der Waals surface area contributed by atoms with E-state index < -0.39 is 0 Å². The zero-order valence-corrected chi connectivity index (χ0v) is 20.0. The fourth-order valence-electron chi connectivity index (χ4n) is 3.79. The van der Waals surface area contributed by atoms with E-state index in [1.165, 1.54) is 0 Å². The fourth-order valence-corrected chi connectivity index (χ4v) is 3.79. The molecule has 0 radical (unpaired) electrons. The van der Waals surface area contributed by atoms with Gasteiger partial charge in [0.05, 0.1) is 6.61 Å². The molecule has 0 aliphatic rings. The number of aryl methyl sites for hydroxylation is 2. The molecule has 0 atom stereocenters. The van der Waals surface area contributed by atoms with Gasteiger partial charge < -0.3 is 9.26 Å². The highest BCUT2D eigenvalue weighted by Crippen LogP contribution is 2.30. The molecule has 0 aliphatic carbocycles. The van der Waals surface area contributed by atoms with Gasteiger partial charge in [-0.05, 0) is 80.3 Å². The van der Waals surface area contributed by atoms with E-state index in [4.69, 9.17) is 19.2 Å². The quantitative estimate of drug-likeness (QED) is 0.389. The minimum absolute atomic E-state index is 0.535. The number of benzene rings is 1. The summed E-state index contributed by atoms with van der Waals surface area (Å²) in [5.74, 6) is 3.14. The second-order valence-corrected chi connectivity index (χ2v) is 9.25. The van der Waals surface area contributed by atoms with Crippen LogP contribution >= 0.6 is 0 Å². The van der Waals surface area contributed by atoms with Crippen LogP contribution in [0.3, 0.4) is 0 Å². The Labute approximate surface area is 186 Å². The van der Waals surface area contributed by atoms with Gasteiger partial charge >= 0.3 is 0 Å². The van der Waals surface area contributed by atoms with Gasteiger partial charge in [0.2, 0.25) is 5.82 Å². The van der Waals surface area contributed by atoms with Crippen molar-refractivity contribution in [1.82, 2.24) is 15.1 Å². The molecule has 3 rings (SSSR count). The monoisotopic (exact) mass is 421 g/mol. The van der Waals surface area contributed by atoms with Crippen molar-refractivity contribution in [3.05, 3.63) is 46.8 Å². The lowest BCUT2D eigenvalue weighted by molar-refractivity contribution is 0.313. The maximum absolute atomic E-state index is 5.90. The minimum atomic E-state index is 0.535. The van der Waals surface area contributed by atoms with E-state index in [1.54, 1.807) is 0 Å². The van der Waals surface area contributed by atoms with Crippen molar-refractivity contribution in [3.8, 4) is 28.6 Å². The number of hydrogen-bond donors (Lipinski definition) is 0. The maximum atomic E-state index is 5.90. The Hall–Kier alpha value is -2.69. The third kappa shape index (κ3) is 5.93. The molecule has 0 spiro atoms. The molecule has 5 nitrogen and oxygen atoms in total. The Morgan fingerprint density at radius 1 is 0.839 bits per heavy atom. The normalized spacial score (nSPS) is 11.5. The molecule has 0 unspecified atom stereocenters. The fraction of sp³-hybridized carbons (Fsp3) is 0.500. The number of aromatic nitrogens is 3. The van der Waals surface area contributed by atoms with Crippen LogP contribution in [0.1, 0.15) is 63.6 Å². The van der Waals surface area contributed by atoms with Gasteiger partial charge in [0, 0.05) is 22.5 Å². The minimum Gasteiger partial charge on any atom is -0.493 e. The van der Waals surface area contributed by atoms with E-state index in [0.29, 0.717) is 30.2 Å². The lowest BCUT2D eigenvalue weighted by Crippen LogP contribution is -2.04. The van der Waals surface area contributed by atoms with Crippen molar-refractivity contribution >= 4 is 0 Å². The molecule has 5 heteroatoms. The lowest BCUT2D eigenvalue weighted by atomic mass is 10.0. The van der Waals surface area contributed by atoms with Crippen LogP contribution in [0.5, 0.6) is 5.75 Å². The molecular weight excluding hydrogens is 386 g/mol. The molecule has 0 aliphatic heterocycles. The molecular formula is C26H35N3O2. The third-order valence-electron chi connectivity index (χ3n) is 5.01. The van der Waals surface area contributed by atoms with Crippen LogP contribution in [-0.4, -0.2) is 21.7 Å². The van der Waals surface area contributed by atoms with E-state index in [1.807, 2.05) is 0 Å². The van der Waals surface area contributed by atoms with Gasteiger partial charge in [0.25, 0.3) is 5.89 Å². The highest BCUT2D eigenvalue weighted by atomic mass is 16.5. The van der Waals surface area contributed by atoms with Crippen molar-refractivity contribution in [2.24, 2.45) is 11.8 Å². The van der Waals surface area contributed by atoms with Gasteiger partial charge in [-0.1, -0.05) is 39.8 Å². The summed E-state index contributed by atoms with van der Waals surface area (Å²) in [7, 11) is 0. The van der Waals surface area contributed by atoms with Gasteiger partial charge in [0.1, 0.15) is 5.75 Å². The SMILES string of the molecule is CCCOc1c(C)cc(-c2noc(-c3cc(CC(C)C)nc(CC(C)C)c3)n2)cc1C. The molecule has 0 saturated heterocycles. The van der Waals surface area contributed by atoms with E-state index in [-0.39, 0.29) is 0 Å². The van der Waals surface area contributed by atoms with Gasteiger partial charge in [0.15, 0.2) is 0 Å². The summed E-state index contributed by atoms with van der Waals surface area (Å²) < 4.78 is 11.6. The van der Waals surface area contributed by atoms with Crippen LogP contribution in [0.15, 0.2) is 28.8 Å². The molecule has 0 fully saturated rings. The topological polar surface area (TPSA) is 61.0 Å². The summed E-state index contributed by atoms with van der Waals surface area (Å²) in [6, 6.07) is 8.29. The average molecular weight is 422 g/mol. The van der Waals surface area contributed by atoms with Crippen LogP contribution in [0.4, 0.5) is 0 Å². The predicted molar refractivity (Wildman–Crippen MR) is 125 cm³/mol. The summed E-state index contributed by atoms with van der Waals surface area (Å²) in [5.41, 5.74) is 6.19. The van der Waals surface area contributed by atoms with E-state index >= 15 is 0 Å². The Kier molecular flexibility index (Phi) is 7.47. The average Bonchev–Trinajstić information content (AvgIpc) is 3.16. The lowest BCUT2D eigenvalue weighted by Gasteiger charge is -2.12. The van der Waals surface area contributed by atoms with Crippen molar-refractivity contribution in [2.45, 2.75) is 67.7 Å². The Balaban J connectivity index is 1.94. The zero-order chi connectivity index (χ0) is 22.5. The number of hydrogen-bond acceptors (Lipinski definition) is 5. The third-order valence-corrected chi connectivity index (χ3v) is 5.01. The second-order valence-electron chi connectivity index (χ2n) is 9.25. The Bertz CT molecular complexity index is 970. The van der Waals surface area contributed by atoms with E-state index in [0.717, 1.165) is 58.7 Å². The first-order valence-corrected chi connectivity index (χ1v) is 11.3. The standard InChI is InChI=1S/C26H35N3O2/c1-8-9-30-24-18(6)12-20(13-19(24)7)25-28-26(31-29-25)21-14-22(10-16(2)3)27-23(15-21)11-17(4)5/h12-17H,8-11H2,1-7H3. The first kappa shape index (κ1) is 23.0. The smallest absolute Gasteiger partial charge is 0.258 e. The van der Waals surface area contributed by atoms with Crippen molar-refractivity contribution in [3.63, 3.8) is 0 Å². The van der Waals surface area contributed by atoms with Crippen LogP contribution < -0.4 is 4.74 Å². The summed E-state index contributed by atoms with van der Waals surface area (Å²) in [4.78, 5) is 9.58. The van der Waals surface area contributed by atoms with Crippen molar-refractivity contribution in [2.75, 3.05) is 6.61 Å². The summed E-state index contributed by atoms with van der Waals surface area (Å²) in [5, 5.41) is 4.27. The van der Waals surface area contributed by atoms with Crippen LogP contribution in [0.25, 0.3) is 22.8 Å². The molecule has 3 aromatic rings. The molecule has 2 aromatic heterocycles. The number of rotatable bonds is 9.